The van der Waals surface area contributed by atoms with Crippen molar-refractivity contribution in [2.24, 2.45) is 0 Å². The van der Waals surface area contributed by atoms with Gasteiger partial charge in [-0.3, -0.25) is 10.1 Å². The summed E-state index contributed by atoms with van der Waals surface area (Å²) in [5, 5.41) is 11.0. The van der Waals surface area contributed by atoms with E-state index in [2.05, 4.69) is 4.74 Å². The Balaban J connectivity index is 3.10. The smallest absolute Gasteiger partial charge is 0.330 e. The van der Waals surface area contributed by atoms with Gasteiger partial charge in [-0.05, 0) is 18.2 Å². The van der Waals surface area contributed by atoms with Crippen molar-refractivity contribution in [2.45, 2.75) is 0 Å². The molecule has 0 saturated heterocycles. The molecule has 6 heteroatoms. The number of nitro groups is 1. The van der Waals surface area contributed by atoms with E-state index in [0.29, 0.717) is 5.02 Å². The number of nitrogens with zero attached hydrogens (tertiary/aromatic N) is 1. The summed E-state index contributed by atoms with van der Waals surface area (Å²) in [6, 6.07) is 4.09. The average molecular weight is 242 g/mol. The van der Waals surface area contributed by atoms with E-state index in [1.165, 1.54) is 31.4 Å². The van der Waals surface area contributed by atoms with E-state index in [1.807, 2.05) is 0 Å². The molecule has 0 aliphatic heterocycles. The third-order valence-corrected chi connectivity index (χ3v) is 2.02. The maximum absolute atomic E-state index is 10.8. The van der Waals surface area contributed by atoms with Crippen LogP contribution in [0.1, 0.15) is 5.56 Å². The van der Waals surface area contributed by atoms with E-state index >= 15 is 0 Å². The summed E-state index contributed by atoms with van der Waals surface area (Å²) in [5.41, 5.74) is 0.132. The number of nitro benzene ring substituents is 1. The monoisotopic (exact) mass is 241 g/mol. The first kappa shape index (κ1) is 12.2. The molecule has 0 saturated carbocycles. The van der Waals surface area contributed by atoms with Gasteiger partial charge in [0.25, 0.3) is 5.69 Å². The van der Waals surface area contributed by atoms with Crippen molar-refractivity contribution in [1.29, 1.82) is 0 Å². The lowest BCUT2D eigenvalue weighted by atomic mass is 10.1. The van der Waals surface area contributed by atoms with Crippen LogP contribution >= 0.6 is 11.6 Å². The number of ether oxygens (including phenoxy) is 1. The van der Waals surface area contributed by atoms with E-state index in [1.54, 1.807) is 0 Å². The van der Waals surface area contributed by atoms with Gasteiger partial charge in [0.2, 0.25) is 0 Å². The number of halogens is 1. The van der Waals surface area contributed by atoms with Gasteiger partial charge >= 0.3 is 5.97 Å². The Morgan fingerprint density at radius 2 is 2.25 bits per heavy atom. The highest BCUT2D eigenvalue weighted by atomic mass is 35.5. The van der Waals surface area contributed by atoms with Gasteiger partial charge in [0.05, 0.1) is 17.6 Å². The molecule has 1 aromatic rings. The minimum atomic E-state index is -0.589. The first-order valence-corrected chi connectivity index (χ1v) is 4.62. The lowest BCUT2D eigenvalue weighted by Crippen LogP contribution is -1.95. The number of hydrogen-bond acceptors (Lipinski definition) is 4. The number of carbonyl (C=O) groups excluding carboxylic acids is 1. The lowest BCUT2D eigenvalue weighted by Gasteiger charge is -1.98. The molecule has 0 heterocycles. The minimum absolute atomic E-state index is 0.121. The zero-order valence-electron chi connectivity index (χ0n) is 8.34. The van der Waals surface area contributed by atoms with Gasteiger partial charge in [0.15, 0.2) is 0 Å². The van der Waals surface area contributed by atoms with Gasteiger partial charge in [0, 0.05) is 17.2 Å². The summed E-state index contributed by atoms with van der Waals surface area (Å²) in [5.74, 6) is -0.589. The SMILES string of the molecule is COC(=O)/C=C/c1cc(Cl)ccc1[N+](=O)[O-]. The van der Waals surface area contributed by atoms with Gasteiger partial charge in [-0.2, -0.15) is 0 Å². The van der Waals surface area contributed by atoms with Gasteiger partial charge in [-0.1, -0.05) is 11.6 Å². The predicted octanol–water partition coefficient (Wildman–Crippen LogP) is 2.43. The second-order valence-electron chi connectivity index (χ2n) is 2.82. The van der Waals surface area contributed by atoms with E-state index < -0.39 is 10.9 Å². The molecule has 1 aromatic carbocycles. The molecule has 0 bridgehead atoms. The van der Waals surface area contributed by atoms with Crippen molar-refractivity contribution in [3.05, 3.63) is 45.0 Å². The van der Waals surface area contributed by atoms with Gasteiger partial charge < -0.3 is 4.74 Å². The highest BCUT2D eigenvalue weighted by Gasteiger charge is 2.11. The maximum atomic E-state index is 10.8. The van der Waals surface area contributed by atoms with E-state index in [4.69, 9.17) is 11.6 Å². The van der Waals surface area contributed by atoms with Crippen LogP contribution in [0.2, 0.25) is 5.02 Å². The molecule has 16 heavy (non-hydrogen) atoms. The topological polar surface area (TPSA) is 69.4 Å². The molecule has 0 radical (unpaired) electrons. The molecule has 0 amide bonds. The fourth-order valence-corrected chi connectivity index (χ4v) is 1.23. The van der Waals surface area contributed by atoms with Crippen LogP contribution in [0.3, 0.4) is 0 Å². The third kappa shape index (κ3) is 3.06. The summed E-state index contributed by atoms with van der Waals surface area (Å²) >= 11 is 5.70. The predicted molar refractivity (Wildman–Crippen MR) is 59.2 cm³/mol. The molecule has 0 aromatic heterocycles. The Kier molecular flexibility index (Phi) is 4.02. The molecular formula is C10H8ClNO4. The number of benzene rings is 1. The van der Waals surface area contributed by atoms with Crippen LogP contribution < -0.4 is 0 Å². The van der Waals surface area contributed by atoms with Crippen LogP contribution in [0.4, 0.5) is 5.69 Å². The quantitative estimate of drug-likeness (QED) is 0.353. The van der Waals surface area contributed by atoms with E-state index in [0.717, 1.165) is 6.08 Å². The fraction of sp³-hybridized carbons (Fsp3) is 0.100. The Morgan fingerprint density at radius 1 is 1.56 bits per heavy atom. The van der Waals surface area contributed by atoms with Gasteiger partial charge in [0.1, 0.15) is 0 Å². The Bertz CT molecular complexity index is 456. The first-order valence-electron chi connectivity index (χ1n) is 4.24. The highest BCUT2D eigenvalue weighted by molar-refractivity contribution is 6.30. The molecular weight excluding hydrogens is 234 g/mol. The molecule has 0 aliphatic carbocycles. The average Bonchev–Trinajstić information content (AvgIpc) is 2.25. The van der Waals surface area contributed by atoms with Crippen molar-refractivity contribution in [1.82, 2.24) is 0 Å². The van der Waals surface area contributed by atoms with Crippen molar-refractivity contribution in [3.63, 3.8) is 0 Å². The van der Waals surface area contributed by atoms with Crippen molar-refractivity contribution in [2.75, 3.05) is 7.11 Å². The molecule has 5 nitrogen and oxygen atoms in total. The molecule has 1 rings (SSSR count). The van der Waals surface area contributed by atoms with Gasteiger partial charge in [-0.25, -0.2) is 4.79 Å². The fourth-order valence-electron chi connectivity index (χ4n) is 1.05. The standard InChI is InChI=1S/C10H8ClNO4/c1-16-10(13)5-2-7-6-8(11)3-4-9(7)12(14)15/h2-6H,1H3/b5-2+. The molecule has 0 unspecified atom stereocenters. The maximum Gasteiger partial charge on any atom is 0.330 e. The third-order valence-electron chi connectivity index (χ3n) is 1.79. The highest BCUT2D eigenvalue weighted by Crippen LogP contribution is 2.23. The minimum Gasteiger partial charge on any atom is -0.466 e. The Hall–Kier alpha value is -1.88. The van der Waals surface area contributed by atoms with Crippen LogP contribution in [-0.4, -0.2) is 18.0 Å². The summed E-state index contributed by atoms with van der Waals surface area (Å²) in [4.78, 5) is 21.0. The zero-order chi connectivity index (χ0) is 12.1. The number of methoxy groups -OCH3 is 1. The van der Waals surface area contributed by atoms with E-state index in [9.17, 15) is 14.9 Å². The summed E-state index contributed by atoms with van der Waals surface area (Å²) in [6.45, 7) is 0. The molecule has 0 fully saturated rings. The number of esters is 1. The largest absolute Gasteiger partial charge is 0.466 e. The lowest BCUT2D eigenvalue weighted by molar-refractivity contribution is -0.385. The normalized spacial score (nSPS) is 10.4. The van der Waals surface area contributed by atoms with Crippen LogP contribution in [0.15, 0.2) is 24.3 Å². The summed E-state index contributed by atoms with van der Waals surface area (Å²) in [7, 11) is 1.22. The molecule has 0 aliphatic rings. The summed E-state index contributed by atoms with van der Waals surface area (Å²) in [6.07, 6.45) is 2.38. The molecule has 0 atom stereocenters. The van der Waals surface area contributed by atoms with Crippen molar-refractivity contribution >= 4 is 29.3 Å². The molecule has 0 N–H and O–H groups in total. The molecule has 0 spiro atoms. The van der Waals surface area contributed by atoms with E-state index in [-0.39, 0.29) is 11.3 Å². The number of hydrogen-bond donors (Lipinski definition) is 0. The van der Waals surface area contributed by atoms with Crippen LogP contribution in [-0.2, 0) is 9.53 Å². The van der Waals surface area contributed by atoms with Crippen molar-refractivity contribution in [3.8, 4) is 0 Å². The summed E-state index contributed by atoms with van der Waals surface area (Å²) < 4.78 is 4.37. The van der Waals surface area contributed by atoms with Crippen LogP contribution in [0, 0.1) is 10.1 Å². The Morgan fingerprint density at radius 3 is 2.81 bits per heavy atom. The zero-order valence-corrected chi connectivity index (χ0v) is 9.10. The first-order chi connectivity index (χ1) is 7.54. The number of carbonyl (C=O) groups is 1. The van der Waals surface area contributed by atoms with Crippen LogP contribution in [0.25, 0.3) is 6.08 Å². The number of rotatable bonds is 3. The van der Waals surface area contributed by atoms with Crippen molar-refractivity contribution < 1.29 is 14.5 Å². The second kappa shape index (κ2) is 5.27. The second-order valence-corrected chi connectivity index (χ2v) is 3.25. The van der Waals surface area contributed by atoms with Gasteiger partial charge in [-0.15, -0.1) is 0 Å². The molecule has 84 valence electrons. The van der Waals surface area contributed by atoms with Crippen LogP contribution in [0.5, 0.6) is 0 Å². The Labute approximate surface area is 96.4 Å².